The van der Waals surface area contributed by atoms with Crippen LogP contribution in [0.5, 0.6) is 0 Å². The lowest BCUT2D eigenvalue weighted by molar-refractivity contribution is -0.147. The normalized spacial score (nSPS) is 11.2. The summed E-state index contributed by atoms with van der Waals surface area (Å²) in [6, 6.07) is 7.30. The van der Waals surface area contributed by atoms with Gasteiger partial charge in [-0.1, -0.05) is 12.1 Å². The molecule has 104 valence electrons. The first kappa shape index (κ1) is 15.6. The average Bonchev–Trinajstić information content (AvgIpc) is 2.37. The summed E-state index contributed by atoms with van der Waals surface area (Å²) in [4.78, 5) is 24.7. The fourth-order valence-electron chi connectivity index (χ4n) is 1.55. The van der Waals surface area contributed by atoms with Crippen LogP contribution in [0.25, 0.3) is 0 Å². The number of carboxylic acids is 1. The lowest BCUT2D eigenvalue weighted by Crippen LogP contribution is -2.50. The van der Waals surface area contributed by atoms with Gasteiger partial charge >= 0.3 is 5.97 Å². The maximum Gasteiger partial charge on any atom is 0.329 e. The van der Waals surface area contributed by atoms with Gasteiger partial charge in [-0.3, -0.25) is 4.79 Å². The van der Waals surface area contributed by atoms with E-state index in [1.165, 1.54) is 25.8 Å². The van der Waals surface area contributed by atoms with Gasteiger partial charge in [0.2, 0.25) is 0 Å². The average molecular weight is 281 g/mol. The van der Waals surface area contributed by atoms with E-state index in [4.69, 9.17) is 5.11 Å². The molecule has 1 aromatic carbocycles. The topological polar surface area (TPSA) is 57.6 Å². The molecule has 0 fully saturated rings. The maximum atomic E-state index is 12.3. The molecule has 0 aliphatic heterocycles. The highest BCUT2D eigenvalue weighted by atomic mass is 32.2. The summed E-state index contributed by atoms with van der Waals surface area (Å²) in [6.07, 6.45) is 1.99. The van der Waals surface area contributed by atoms with Crippen molar-refractivity contribution in [1.29, 1.82) is 0 Å². The van der Waals surface area contributed by atoms with Crippen LogP contribution in [0.2, 0.25) is 0 Å². The van der Waals surface area contributed by atoms with E-state index in [2.05, 4.69) is 0 Å². The Hall–Kier alpha value is -1.49. The number of amides is 1. The Morgan fingerprint density at radius 1 is 1.37 bits per heavy atom. The van der Waals surface area contributed by atoms with Crippen molar-refractivity contribution in [3.8, 4) is 0 Å². The molecular formula is C14H19NO3S. The number of carbonyl (C=O) groups excluding carboxylic acids is 1. The van der Waals surface area contributed by atoms with Gasteiger partial charge in [-0.25, -0.2) is 4.79 Å². The number of hydrogen-bond donors (Lipinski definition) is 1. The van der Waals surface area contributed by atoms with Crippen LogP contribution in [-0.4, -0.2) is 40.7 Å². The third kappa shape index (κ3) is 3.50. The Labute approximate surface area is 117 Å². The summed E-state index contributed by atoms with van der Waals surface area (Å²) >= 11 is 1.67. The molecule has 0 bridgehead atoms. The molecular weight excluding hydrogens is 262 g/mol. The second-order valence-electron chi connectivity index (χ2n) is 4.86. The van der Waals surface area contributed by atoms with E-state index in [1.807, 2.05) is 24.5 Å². The van der Waals surface area contributed by atoms with Crippen molar-refractivity contribution >= 4 is 23.6 Å². The summed E-state index contributed by atoms with van der Waals surface area (Å²) < 4.78 is 0. The van der Waals surface area contributed by atoms with Gasteiger partial charge in [0.25, 0.3) is 5.91 Å². The number of carbonyl (C=O) groups is 2. The van der Waals surface area contributed by atoms with Gasteiger partial charge in [-0.2, -0.15) is 11.8 Å². The second kappa shape index (κ2) is 6.10. The molecule has 0 saturated heterocycles. The van der Waals surface area contributed by atoms with Crippen molar-refractivity contribution in [2.24, 2.45) is 0 Å². The van der Waals surface area contributed by atoms with Crippen LogP contribution < -0.4 is 0 Å². The van der Waals surface area contributed by atoms with E-state index >= 15 is 0 Å². The van der Waals surface area contributed by atoms with Crippen LogP contribution >= 0.6 is 11.8 Å². The lowest BCUT2D eigenvalue weighted by Gasteiger charge is -2.31. The molecule has 0 radical (unpaired) electrons. The van der Waals surface area contributed by atoms with E-state index in [-0.39, 0.29) is 5.91 Å². The maximum absolute atomic E-state index is 12.3. The van der Waals surface area contributed by atoms with E-state index < -0.39 is 11.5 Å². The monoisotopic (exact) mass is 281 g/mol. The Kier molecular flexibility index (Phi) is 5.00. The Morgan fingerprint density at radius 2 is 2.00 bits per heavy atom. The summed E-state index contributed by atoms with van der Waals surface area (Å²) in [6.45, 7) is 3.03. The SMILES string of the molecule is CSCc1cccc(C(=O)N(C)C(C)(C)C(=O)O)c1. The van der Waals surface area contributed by atoms with Gasteiger partial charge in [0.1, 0.15) is 5.54 Å². The summed E-state index contributed by atoms with van der Waals surface area (Å²) in [5.41, 5.74) is 0.343. The predicted octanol–water partition coefficient (Wildman–Crippen LogP) is 2.48. The molecule has 1 N–H and O–H groups in total. The van der Waals surface area contributed by atoms with Crippen LogP contribution in [0.3, 0.4) is 0 Å². The van der Waals surface area contributed by atoms with Crippen molar-refractivity contribution in [1.82, 2.24) is 4.90 Å². The zero-order chi connectivity index (χ0) is 14.6. The van der Waals surface area contributed by atoms with E-state index in [0.29, 0.717) is 5.56 Å². The van der Waals surface area contributed by atoms with E-state index in [0.717, 1.165) is 11.3 Å². The molecule has 0 aromatic heterocycles. The van der Waals surface area contributed by atoms with Crippen molar-refractivity contribution < 1.29 is 14.7 Å². The number of carboxylic acid groups (broad SMARTS) is 1. The Morgan fingerprint density at radius 3 is 2.53 bits per heavy atom. The standard InChI is InChI=1S/C14H19NO3S/c1-14(2,13(17)18)15(3)12(16)11-7-5-6-10(8-11)9-19-4/h5-8H,9H2,1-4H3,(H,17,18). The second-order valence-corrected chi connectivity index (χ2v) is 5.73. The molecule has 0 aliphatic rings. The number of benzene rings is 1. The third-order valence-corrected chi connectivity index (χ3v) is 3.77. The number of nitrogens with zero attached hydrogens (tertiary/aromatic N) is 1. The minimum atomic E-state index is -1.23. The Bertz CT molecular complexity index is 485. The van der Waals surface area contributed by atoms with Gasteiger partial charge in [-0.05, 0) is 37.8 Å². The zero-order valence-electron chi connectivity index (χ0n) is 11.6. The van der Waals surface area contributed by atoms with Crippen molar-refractivity contribution in [3.63, 3.8) is 0 Å². The van der Waals surface area contributed by atoms with Gasteiger partial charge in [0, 0.05) is 18.4 Å². The summed E-state index contributed by atoms with van der Waals surface area (Å²) in [7, 11) is 1.51. The molecule has 1 aromatic rings. The number of rotatable bonds is 5. The molecule has 0 atom stereocenters. The third-order valence-electron chi connectivity index (χ3n) is 3.15. The number of hydrogen-bond acceptors (Lipinski definition) is 3. The molecule has 0 saturated carbocycles. The minimum absolute atomic E-state index is 0.282. The highest BCUT2D eigenvalue weighted by Gasteiger charge is 2.35. The fraction of sp³-hybridized carbons (Fsp3) is 0.429. The molecule has 4 nitrogen and oxygen atoms in total. The highest BCUT2D eigenvalue weighted by Crippen LogP contribution is 2.18. The summed E-state index contributed by atoms with van der Waals surface area (Å²) in [5, 5.41) is 9.15. The molecule has 19 heavy (non-hydrogen) atoms. The van der Waals surface area contributed by atoms with E-state index in [1.54, 1.807) is 17.8 Å². The van der Waals surface area contributed by atoms with Gasteiger partial charge in [-0.15, -0.1) is 0 Å². The molecule has 0 aliphatic carbocycles. The smallest absolute Gasteiger partial charge is 0.329 e. The van der Waals surface area contributed by atoms with Crippen LogP contribution in [0.1, 0.15) is 29.8 Å². The Balaban J connectivity index is 3.00. The number of aliphatic carboxylic acids is 1. The van der Waals surface area contributed by atoms with Crippen molar-refractivity contribution in [2.75, 3.05) is 13.3 Å². The minimum Gasteiger partial charge on any atom is -0.480 e. The first-order valence-corrected chi connectivity index (χ1v) is 7.29. The zero-order valence-corrected chi connectivity index (χ0v) is 12.5. The summed E-state index contributed by atoms with van der Waals surface area (Å²) in [5.74, 6) is -0.480. The van der Waals surface area contributed by atoms with Crippen LogP contribution in [0.15, 0.2) is 24.3 Å². The fourth-order valence-corrected chi connectivity index (χ4v) is 2.06. The van der Waals surface area contributed by atoms with Crippen LogP contribution in [-0.2, 0) is 10.5 Å². The van der Waals surface area contributed by atoms with E-state index in [9.17, 15) is 9.59 Å². The molecule has 1 rings (SSSR count). The largest absolute Gasteiger partial charge is 0.480 e. The molecule has 1 amide bonds. The van der Waals surface area contributed by atoms with Crippen molar-refractivity contribution in [3.05, 3.63) is 35.4 Å². The molecule has 0 unspecified atom stereocenters. The quantitative estimate of drug-likeness (QED) is 0.901. The van der Waals surface area contributed by atoms with Crippen LogP contribution in [0, 0.1) is 0 Å². The highest BCUT2D eigenvalue weighted by molar-refractivity contribution is 7.97. The van der Waals surface area contributed by atoms with Gasteiger partial charge in [0.15, 0.2) is 0 Å². The first-order valence-electron chi connectivity index (χ1n) is 5.90. The first-order chi connectivity index (χ1) is 8.80. The van der Waals surface area contributed by atoms with Crippen molar-refractivity contribution in [2.45, 2.75) is 25.1 Å². The number of thioether (sulfide) groups is 1. The predicted molar refractivity (Wildman–Crippen MR) is 77.5 cm³/mol. The molecule has 5 heteroatoms. The van der Waals surface area contributed by atoms with Gasteiger partial charge in [0.05, 0.1) is 0 Å². The molecule has 0 heterocycles. The van der Waals surface area contributed by atoms with Gasteiger partial charge < -0.3 is 10.0 Å². The molecule has 0 spiro atoms. The van der Waals surface area contributed by atoms with Crippen LogP contribution in [0.4, 0.5) is 0 Å². The lowest BCUT2D eigenvalue weighted by atomic mass is 10.0. The number of likely N-dealkylation sites (N-methyl/N-ethyl adjacent to an activating group) is 1.